The number of benzene rings is 2. The van der Waals surface area contributed by atoms with E-state index in [9.17, 15) is 19.7 Å². The Morgan fingerprint density at radius 3 is 2.42 bits per heavy atom. The summed E-state index contributed by atoms with van der Waals surface area (Å²) in [5.41, 5.74) is -0.444. The van der Waals surface area contributed by atoms with E-state index in [4.69, 9.17) is 16.3 Å². The van der Waals surface area contributed by atoms with E-state index in [-0.39, 0.29) is 10.6 Å². The molecule has 2 aromatic rings. The first-order valence-corrected chi connectivity index (χ1v) is 7.09. The van der Waals surface area contributed by atoms with E-state index in [0.29, 0.717) is 5.56 Å². The highest BCUT2D eigenvalue weighted by atomic mass is 35.5. The first kappa shape index (κ1) is 17.4. The van der Waals surface area contributed by atoms with Gasteiger partial charge in [0, 0.05) is 16.7 Å². The maximum Gasteiger partial charge on any atom is 0.351 e. The fourth-order valence-corrected chi connectivity index (χ4v) is 2.16. The number of hydrogen-bond donors (Lipinski definition) is 0. The lowest BCUT2D eigenvalue weighted by Crippen LogP contribution is -2.21. The van der Waals surface area contributed by atoms with Gasteiger partial charge in [-0.2, -0.15) is 0 Å². The maximum absolute atomic E-state index is 12.3. The third kappa shape index (κ3) is 3.88. The van der Waals surface area contributed by atoms with E-state index in [0.717, 1.165) is 19.2 Å². The van der Waals surface area contributed by atoms with Crippen molar-refractivity contribution in [1.29, 1.82) is 0 Å². The third-order valence-corrected chi connectivity index (χ3v) is 3.35. The van der Waals surface area contributed by atoms with Gasteiger partial charge in [-0.1, -0.05) is 41.9 Å². The number of rotatable bonds is 5. The van der Waals surface area contributed by atoms with Gasteiger partial charge in [0.15, 0.2) is 0 Å². The normalized spacial score (nSPS) is 11.4. The maximum atomic E-state index is 12.3. The molecular formula is C16H12ClNO6. The van der Waals surface area contributed by atoms with Gasteiger partial charge in [-0.05, 0) is 12.1 Å². The molecule has 0 saturated carbocycles. The Morgan fingerprint density at radius 2 is 1.83 bits per heavy atom. The summed E-state index contributed by atoms with van der Waals surface area (Å²) in [6, 6.07) is 11.7. The van der Waals surface area contributed by atoms with Crippen LogP contribution in [0.25, 0.3) is 0 Å². The molecule has 1 atom stereocenters. The summed E-state index contributed by atoms with van der Waals surface area (Å²) in [4.78, 5) is 34.6. The molecule has 0 aliphatic heterocycles. The first-order valence-electron chi connectivity index (χ1n) is 6.71. The molecule has 7 nitrogen and oxygen atoms in total. The molecule has 0 heterocycles. The Hall–Kier alpha value is -2.93. The highest BCUT2D eigenvalue weighted by Gasteiger charge is 2.29. The second kappa shape index (κ2) is 7.56. The molecule has 8 heteroatoms. The lowest BCUT2D eigenvalue weighted by molar-refractivity contribution is -0.385. The zero-order valence-electron chi connectivity index (χ0n) is 12.5. The average Bonchev–Trinajstić information content (AvgIpc) is 2.59. The summed E-state index contributed by atoms with van der Waals surface area (Å²) < 4.78 is 9.77. The highest BCUT2D eigenvalue weighted by molar-refractivity contribution is 6.31. The number of carbonyl (C=O) groups is 2. The van der Waals surface area contributed by atoms with Gasteiger partial charge in [-0.15, -0.1) is 0 Å². The van der Waals surface area contributed by atoms with Gasteiger partial charge in [0.25, 0.3) is 5.69 Å². The molecule has 0 radical (unpaired) electrons. The number of carbonyl (C=O) groups excluding carboxylic acids is 2. The number of halogens is 1. The molecule has 0 bridgehead atoms. The lowest BCUT2D eigenvalue weighted by Gasteiger charge is -2.16. The molecule has 0 amide bonds. The van der Waals surface area contributed by atoms with E-state index in [2.05, 4.69) is 4.74 Å². The summed E-state index contributed by atoms with van der Waals surface area (Å²) in [7, 11) is 1.15. The Labute approximate surface area is 141 Å². The van der Waals surface area contributed by atoms with Crippen LogP contribution in [-0.2, 0) is 14.3 Å². The van der Waals surface area contributed by atoms with Crippen LogP contribution in [0.2, 0.25) is 5.02 Å². The smallest absolute Gasteiger partial charge is 0.351 e. The standard InChI is InChI=1S/C16H12ClNO6/c1-23-16(20)14(10-5-3-2-4-6-10)24-15(19)12-9-11(17)7-8-13(12)18(21)22/h2-9,14H,1H3/t14-/m0/s1. The molecule has 124 valence electrons. The van der Waals surface area contributed by atoms with E-state index in [1.54, 1.807) is 30.3 Å². The monoisotopic (exact) mass is 349 g/mol. The molecule has 0 fully saturated rings. The molecule has 0 saturated heterocycles. The highest BCUT2D eigenvalue weighted by Crippen LogP contribution is 2.27. The predicted molar refractivity (Wildman–Crippen MR) is 84.7 cm³/mol. The SMILES string of the molecule is COC(=O)[C@@H](OC(=O)c1cc(Cl)ccc1[N+](=O)[O-])c1ccccc1. The largest absolute Gasteiger partial charge is 0.466 e. The van der Waals surface area contributed by atoms with E-state index in [1.807, 2.05) is 0 Å². The molecule has 0 spiro atoms. The van der Waals surface area contributed by atoms with Crippen LogP contribution >= 0.6 is 11.6 Å². The summed E-state index contributed by atoms with van der Waals surface area (Å²) >= 11 is 5.79. The van der Waals surface area contributed by atoms with Gasteiger partial charge >= 0.3 is 11.9 Å². The number of nitro benzene ring substituents is 1. The van der Waals surface area contributed by atoms with Gasteiger partial charge in [-0.25, -0.2) is 9.59 Å². The quantitative estimate of drug-likeness (QED) is 0.466. The van der Waals surface area contributed by atoms with Gasteiger partial charge in [0.05, 0.1) is 12.0 Å². The number of methoxy groups -OCH3 is 1. The number of esters is 2. The van der Waals surface area contributed by atoms with Crippen molar-refractivity contribution in [2.24, 2.45) is 0 Å². The van der Waals surface area contributed by atoms with Crippen molar-refractivity contribution in [3.05, 3.63) is 74.8 Å². The molecule has 0 aliphatic carbocycles. The summed E-state index contributed by atoms with van der Waals surface area (Å²) in [5.74, 6) is -1.86. The van der Waals surface area contributed by atoms with Crippen molar-refractivity contribution in [2.45, 2.75) is 6.10 Å². The minimum absolute atomic E-state index is 0.127. The van der Waals surface area contributed by atoms with E-state index in [1.165, 1.54) is 6.07 Å². The molecule has 24 heavy (non-hydrogen) atoms. The number of nitrogens with zero attached hydrogens (tertiary/aromatic N) is 1. The van der Waals surface area contributed by atoms with Crippen molar-refractivity contribution in [1.82, 2.24) is 0 Å². The van der Waals surface area contributed by atoms with Crippen LogP contribution in [0.3, 0.4) is 0 Å². The van der Waals surface area contributed by atoms with Gasteiger partial charge in [-0.3, -0.25) is 10.1 Å². The number of ether oxygens (including phenoxy) is 2. The Balaban J connectivity index is 2.37. The lowest BCUT2D eigenvalue weighted by atomic mass is 10.1. The van der Waals surface area contributed by atoms with Crippen molar-refractivity contribution in [2.75, 3.05) is 7.11 Å². The predicted octanol–water partition coefficient (Wildman–Crippen LogP) is 3.32. The van der Waals surface area contributed by atoms with Crippen LogP contribution < -0.4 is 0 Å². The zero-order chi connectivity index (χ0) is 17.7. The molecule has 2 rings (SSSR count). The van der Waals surface area contributed by atoms with Crippen LogP contribution in [0.15, 0.2) is 48.5 Å². The zero-order valence-corrected chi connectivity index (χ0v) is 13.2. The summed E-state index contributed by atoms with van der Waals surface area (Å²) in [5, 5.41) is 11.2. The second-order valence-corrected chi connectivity index (χ2v) is 5.07. The van der Waals surface area contributed by atoms with Crippen LogP contribution in [0.1, 0.15) is 22.0 Å². The van der Waals surface area contributed by atoms with E-state index >= 15 is 0 Å². The summed E-state index contributed by atoms with van der Waals surface area (Å²) in [6.07, 6.45) is -1.35. The van der Waals surface area contributed by atoms with Crippen molar-refractivity contribution in [3.8, 4) is 0 Å². The second-order valence-electron chi connectivity index (χ2n) is 4.64. The molecular weight excluding hydrogens is 338 g/mol. The Bertz CT molecular complexity index is 777. The fraction of sp³-hybridized carbons (Fsp3) is 0.125. The van der Waals surface area contributed by atoms with Crippen LogP contribution in [-0.4, -0.2) is 24.0 Å². The minimum Gasteiger partial charge on any atom is -0.466 e. The van der Waals surface area contributed by atoms with E-state index < -0.39 is 28.7 Å². The molecule has 0 aromatic heterocycles. The Kier molecular flexibility index (Phi) is 5.49. The third-order valence-electron chi connectivity index (χ3n) is 3.12. The number of nitro groups is 1. The van der Waals surface area contributed by atoms with Gasteiger partial charge in [0.2, 0.25) is 6.10 Å². The van der Waals surface area contributed by atoms with Gasteiger partial charge < -0.3 is 9.47 Å². The topological polar surface area (TPSA) is 95.7 Å². The fourth-order valence-electron chi connectivity index (χ4n) is 1.99. The van der Waals surface area contributed by atoms with Crippen LogP contribution in [0.5, 0.6) is 0 Å². The average molecular weight is 350 g/mol. The number of hydrogen-bond acceptors (Lipinski definition) is 6. The molecule has 0 aliphatic rings. The summed E-state index contributed by atoms with van der Waals surface area (Å²) in [6.45, 7) is 0. The van der Waals surface area contributed by atoms with Crippen molar-refractivity contribution < 1.29 is 24.0 Å². The molecule has 2 aromatic carbocycles. The Morgan fingerprint density at radius 1 is 1.17 bits per heavy atom. The minimum atomic E-state index is -1.35. The van der Waals surface area contributed by atoms with Crippen LogP contribution in [0.4, 0.5) is 5.69 Å². The van der Waals surface area contributed by atoms with Crippen LogP contribution in [0, 0.1) is 10.1 Å². The van der Waals surface area contributed by atoms with Crippen molar-refractivity contribution in [3.63, 3.8) is 0 Å². The molecule has 0 N–H and O–H groups in total. The molecule has 0 unspecified atom stereocenters. The first-order chi connectivity index (χ1) is 11.4. The van der Waals surface area contributed by atoms with Gasteiger partial charge in [0.1, 0.15) is 5.56 Å². The van der Waals surface area contributed by atoms with Crippen molar-refractivity contribution >= 4 is 29.2 Å².